The van der Waals surface area contributed by atoms with Gasteiger partial charge in [0, 0.05) is 31.2 Å². The number of rotatable bonds is 6. The molecular weight excluding hydrogens is 354 g/mol. The first-order valence-corrected chi connectivity index (χ1v) is 9.78. The molecule has 1 aromatic carbocycles. The number of hydrogen-bond acceptors (Lipinski definition) is 5. The van der Waals surface area contributed by atoms with Crippen molar-refractivity contribution in [3.05, 3.63) is 48.2 Å². The van der Waals surface area contributed by atoms with Gasteiger partial charge in [-0.1, -0.05) is 25.1 Å². The van der Waals surface area contributed by atoms with Gasteiger partial charge in [0.2, 0.25) is 5.91 Å². The molecule has 1 fully saturated rings. The van der Waals surface area contributed by atoms with Crippen LogP contribution in [0, 0.1) is 0 Å². The molecule has 7 heteroatoms. The molecule has 1 amide bonds. The number of fused-ring (bicyclic) bond motifs is 1. The number of nitrogens with zero attached hydrogens (tertiary/aromatic N) is 4. The number of nitrogens with one attached hydrogen (secondary N) is 1. The van der Waals surface area contributed by atoms with Crippen LogP contribution in [0.5, 0.6) is 0 Å². The van der Waals surface area contributed by atoms with Crippen LogP contribution in [0.15, 0.2) is 42.6 Å². The fourth-order valence-corrected chi connectivity index (χ4v) is 3.49. The third kappa shape index (κ3) is 3.84. The summed E-state index contributed by atoms with van der Waals surface area (Å²) in [6, 6.07) is 12.0. The van der Waals surface area contributed by atoms with Crippen LogP contribution in [-0.4, -0.2) is 53.5 Å². The number of hydrogen-bond donors (Lipinski definition) is 1. The molecule has 1 N–H and O–H groups in total. The van der Waals surface area contributed by atoms with Crippen molar-refractivity contribution in [3.63, 3.8) is 0 Å². The molecule has 3 heterocycles. The lowest BCUT2D eigenvalue weighted by molar-refractivity contribution is -0.120. The predicted octanol–water partition coefficient (Wildman–Crippen LogP) is 2.33. The highest BCUT2D eigenvalue weighted by Crippen LogP contribution is 2.25. The monoisotopic (exact) mass is 379 g/mol. The van der Waals surface area contributed by atoms with Gasteiger partial charge in [-0.2, -0.15) is 0 Å². The van der Waals surface area contributed by atoms with Crippen molar-refractivity contribution >= 4 is 22.6 Å². The number of ether oxygens (including phenoxy) is 1. The number of amides is 1. The fraction of sp³-hybridized carbons (Fsp3) is 0.381. The normalized spacial score (nSPS) is 14.4. The van der Waals surface area contributed by atoms with Gasteiger partial charge < -0.3 is 15.0 Å². The minimum Gasteiger partial charge on any atom is -0.378 e. The third-order valence-corrected chi connectivity index (χ3v) is 4.94. The Morgan fingerprint density at radius 2 is 1.86 bits per heavy atom. The molecule has 0 aliphatic carbocycles. The molecule has 1 saturated heterocycles. The molecular formula is C21H25N5O2. The molecule has 4 rings (SSSR count). The average molecular weight is 379 g/mol. The van der Waals surface area contributed by atoms with Crippen molar-refractivity contribution in [2.75, 3.05) is 37.7 Å². The lowest BCUT2D eigenvalue weighted by atomic mass is 10.1. The van der Waals surface area contributed by atoms with Crippen LogP contribution in [0.25, 0.3) is 16.7 Å². The highest BCUT2D eigenvalue weighted by atomic mass is 16.5. The van der Waals surface area contributed by atoms with E-state index in [9.17, 15) is 4.79 Å². The van der Waals surface area contributed by atoms with Gasteiger partial charge in [0.15, 0.2) is 11.6 Å². The Morgan fingerprint density at radius 1 is 1.11 bits per heavy atom. The van der Waals surface area contributed by atoms with Crippen LogP contribution in [0.2, 0.25) is 0 Å². The summed E-state index contributed by atoms with van der Waals surface area (Å²) in [6.07, 6.45) is 3.28. The largest absolute Gasteiger partial charge is 0.378 e. The first kappa shape index (κ1) is 18.4. The zero-order valence-corrected chi connectivity index (χ0v) is 16.1. The van der Waals surface area contributed by atoms with Crippen LogP contribution in [-0.2, 0) is 16.0 Å². The number of carbonyl (C=O) groups excluding carboxylic acids is 1. The zero-order chi connectivity index (χ0) is 19.3. The SMILES string of the molecule is CCCNC(=O)Cc1cn(-c2ccc(N3CCOCC3)nn2)c2ccccc12. The second-order valence-corrected chi connectivity index (χ2v) is 6.92. The van der Waals surface area contributed by atoms with Crippen LogP contribution < -0.4 is 10.2 Å². The smallest absolute Gasteiger partial charge is 0.224 e. The van der Waals surface area contributed by atoms with E-state index in [-0.39, 0.29) is 5.91 Å². The molecule has 146 valence electrons. The maximum absolute atomic E-state index is 12.2. The number of benzene rings is 1. The molecule has 1 aliphatic rings. The predicted molar refractivity (Wildman–Crippen MR) is 109 cm³/mol. The van der Waals surface area contributed by atoms with Gasteiger partial charge in [-0.25, -0.2) is 0 Å². The summed E-state index contributed by atoms with van der Waals surface area (Å²) in [5.74, 6) is 1.65. The Kier molecular flexibility index (Phi) is 5.53. The summed E-state index contributed by atoms with van der Waals surface area (Å²) in [5, 5.41) is 12.9. The standard InChI is InChI=1S/C21H25N5O2/c1-2-9-22-21(27)14-16-15-26(18-6-4-3-5-17(16)18)20-8-7-19(23-24-20)25-10-12-28-13-11-25/h3-8,15H,2,9-14H2,1H3,(H,22,27). The zero-order valence-electron chi connectivity index (χ0n) is 16.1. The van der Waals surface area contributed by atoms with Crippen molar-refractivity contribution < 1.29 is 9.53 Å². The Bertz CT molecular complexity index is 945. The summed E-state index contributed by atoms with van der Waals surface area (Å²) in [5.41, 5.74) is 2.01. The Morgan fingerprint density at radius 3 is 2.61 bits per heavy atom. The number of anilines is 1. The summed E-state index contributed by atoms with van der Waals surface area (Å²) < 4.78 is 7.40. The molecule has 0 radical (unpaired) electrons. The first-order chi connectivity index (χ1) is 13.8. The molecule has 2 aromatic heterocycles. The Balaban J connectivity index is 1.62. The highest BCUT2D eigenvalue weighted by molar-refractivity contribution is 5.90. The van der Waals surface area contributed by atoms with E-state index < -0.39 is 0 Å². The molecule has 0 unspecified atom stereocenters. The fourth-order valence-electron chi connectivity index (χ4n) is 3.49. The van der Waals surface area contributed by atoms with E-state index in [2.05, 4.69) is 20.4 Å². The third-order valence-electron chi connectivity index (χ3n) is 4.94. The highest BCUT2D eigenvalue weighted by Gasteiger charge is 2.15. The molecule has 0 bridgehead atoms. The van der Waals surface area contributed by atoms with Gasteiger partial charge in [0.25, 0.3) is 0 Å². The van der Waals surface area contributed by atoms with E-state index in [1.54, 1.807) is 0 Å². The van der Waals surface area contributed by atoms with E-state index in [4.69, 9.17) is 4.74 Å². The van der Waals surface area contributed by atoms with E-state index in [0.717, 1.165) is 60.8 Å². The summed E-state index contributed by atoms with van der Waals surface area (Å²) in [4.78, 5) is 14.4. The lowest BCUT2D eigenvalue weighted by Gasteiger charge is -2.27. The second kappa shape index (κ2) is 8.39. The number of para-hydroxylation sites is 1. The van der Waals surface area contributed by atoms with Gasteiger partial charge in [-0.15, -0.1) is 10.2 Å². The van der Waals surface area contributed by atoms with E-state index >= 15 is 0 Å². The molecule has 0 saturated carbocycles. The number of aromatic nitrogens is 3. The summed E-state index contributed by atoms with van der Waals surface area (Å²) in [6.45, 7) is 5.84. The number of carbonyl (C=O) groups is 1. The lowest BCUT2D eigenvalue weighted by Crippen LogP contribution is -2.36. The summed E-state index contributed by atoms with van der Waals surface area (Å²) in [7, 11) is 0. The van der Waals surface area contributed by atoms with Crippen LogP contribution in [0.4, 0.5) is 5.82 Å². The number of morpholine rings is 1. The van der Waals surface area contributed by atoms with E-state index in [1.165, 1.54) is 0 Å². The second-order valence-electron chi connectivity index (χ2n) is 6.92. The minimum atomic E-state index is 0.0403. The van der Waals surface area contributed by atoms with Crippen LogP contribution in [0.1, 0.15) is 18.9 Å². The van der Waals surface area contributed by atoms with Gasteiger partial charge in [0.05, 0.1) is 25.2 Å². The topological polar surface area (TPSA) is 72.3 Å². The molecule has 0 spiro atoms. The van der Waals surface area contributed by atoms with Crippen LogP contribution >= 0.6 is 0 Å². The van der Waals surface area contributed by atoms with Crippen LogP contribution in [0.3, 0.4) is 0 Å². The molecule has 3 aromatic rings. The molecule has 1 aliphatic heterocycles. The maximum atomic E-state index is 12.2. The Labute approximate surface area is 164 Å². The maximum Gasteiger partial charge on any atom is 0.224 e. The van der Waals surface area contributed by atoms with E-state index in [0.29, 0.717) is 13.0 Å². The average Bonchev–Trinajstić information content (AvgIpc) is 3.11. The van der Waals surface area contributed by atoms with E-state index in [1.807, 2.05) is 54.1 Å². The van der Waals surface area contributed by atoms with Gasteiger partial charge in [-0.3, -0.25) is 9.36 Å². The van der Waals surface area contributed by atoms with Crippen molar-refractivity contribution in [2.24, 2.45) is 0 Å². The molecule has 28 heavy (non-hydrogen) atoms. The van der Waals surface area contributed by atoms with Gasteiger partial charge in [0.1, 0.15) is 0 Å². The van der Waals surface area contributed by atoms with Gasteiger partial charge in [-0.05, 0) is 30.2 Å². The van der Waals surface area contributed by atoms with Gasteiger partial charge >= 0.3 is 0 Å². The first-order valence-electron chi connectivity index (χ1n) is 9.78. The molecule has 7 nitrogen and oxygen atoms in total. The van der Waals surface area contributed by atoms with Crippen molar-refractivity contribution in [1.29, 1.82) is 0 Å². The summed E-state index contributed by atoms with van der Waals surface area (Å²) >= 11 is 0. The quantitative estimate of drug-likeness (QED) is 0.712. The molecule has 0 atom stereocenters. The van der Waals surface area contributed by atoms with Crippen molar-refractivity contribution in [1.82, 2.24) is 20.1 Å². The van der Waals surface area contributed by atoms with Crippen molar-refractivity contribution in [3.8, 4) is 5.82 Å². The minimum absolute atomic E-state index is 0.0403. The Hall–Kier alpha value is -2.93. The van der Waals surface area contributed by atoms with Crippen molar-refractivity contribution in [2.45, 2.75) is 19.8 Å².